The van der Waals surface area contributed by atoms with E-state index < -0.39 is 29.6 Å². The molecule has 0 aliphatic heterocycles. The first kappa shape index (κ1) is 24.8. The Kier molecular flexibility index (Phi) is 7.55. The highest BCUT2D eigenvalue weighted by atomic mass is 19.3. The second kappa shape index (κ2) is 10.4. The standard InChI is InChI=1S/C25H18F6O3/c1-25(15-3-9-18(32-2)10-4-15,16-5-11-19(12-6-16)33-23(30)21(26)27)17-7-13-20(14-8-17)34-24(31)22(28)29/h3-14H,1-2H3. The van der Waals surface area contributed by atoms with Crippen LogP contribution in [-0.4, -0.2) is 7.11 Å². The SMILES string of the molecule is COc1ccc(C(C)(c2ccc(OC(F)=C(F)F)cc2)c2ccc(OC(F)=C(F)F)cc2)cc1. The van der Waals surface area contributed by atoms with Crippen molar-refractivity contribution in [2.24, 2.45) is 0 Å². The largest absolute Gasteiger partial charge is 0.497 e. The van der Waals surface area contributed by atoms with Gasteiger partial charge in [0.25, 0.3) is 0 Å². The molecule has 0 radical (unpaired) electrons. The third-order valence-electron chi connectivity index (χ3n) is 5.24. The van der Waals surface area contributed by atoms with E-state index in [9.17, 15) is 26.3 Å². The molecule has 3 nitrogen and oxygen atoms in total. The lowest BCUT2D eigenvalue weighted by Gasteiger charge is -2.32. The van der Waals surface area contributed by atoms with E-state index in [2.05, 4.69) is 9.47 Å². The predicted molar refractivity (Wildman–Crippen MR) is 113 cm³/mol. The summed E-state index contributed by atoms with van der Waals surface area (Å²) in [5.41, 5.74) is 1.27. The molecule has 3 aromatic rings. The van der Waals surface area contributed by atoms with E-state index in [1.165, 1.54) is 31.4 Å². The van der Waals surface area contributed by atoms with E-state index in [1.807, 2.05) is 19.1 Å². The molecule has 0 atom stereocenters. The third-order valence-corrected chi connectivity index (χ3v) is 5.24. The Morgan fingerprint density at radius 1 is 0.529 bits per heavy atom. The minimum absolute atomic E-state index is 0.134. The molecule has 0 saturated heterocycles. The van der Waals surface area contributed by atoms with Crippen LogP contribution in [0.15, 0.2) is 97.0 Å². The van der Waals surface area contributed by atoms with Gasteiger partial charge in [-0.3, -0.25) is 0 Å². The van der Waals surface area contributed by atoms with Gasteiger partial charge >= 0.3 is 24.2 Å². The van der Waals surface area contributed by atoms with E-state index >= 15 is 0 Å². The van der Waals surface area contributed by atoms with Crippen molar-refractivity contribution >= 4 is 0 Å². The van der Waals surface area contributed by atoms with Crippen LogP contribution < -0.4 is 14.2 Å². The average molecular weight is 480 g/mol. The number of halogens is 6. The van der Waals surface area contributed by atoms with Gasteiger partial charge in [0.15, 0.2) is 0 Å². The number of benzene rings is 3. The molecule has 0 amide bonds. The Morgan fingerprint density at radius 3 is 1.09 bits per heavy atom. The van der Waals surface area contributed by atoms with Gasteiger partial charge in [0.05, 0.1) is 7.11 Å². The highest BCUT2D eigenvalue weighted by molar-refractivity contribution is 5.52. The van der Waals surface area contributed by atoms with Crippen LogP contribution in [0.3, 0.4) is 0 Å². The molecule has 3 rings (SSSR count). The third kappa shape index (κ3) is 5.36. The van der Waals surface area contributed by atoms with Crippen LogP contribution in [0.5, 0.6) is 17.2 Å². The Hall–Kier alpha value is -3.88. The molecule has 0 bridgehead atoms. The van der Waals surface area contributed by atoms with Gasteiger partial charge in [0.1, 0.15) is 17.2 Å². The van der Waals surface area contributed by atoms with Crippen molar-refractivity contribution in [2.45, 2.75) is 12.3 Å². The molecule has 0 aliphatic carbocycles. The van der Waals surface area contributed by atoms with E-state index in [-0.39, 0.29) is 11.5 Å². The van der Waals surface area contributed by atoms with Gasteiger partial charge in [0, 0.05) is 5.41 Å². The van der Waals surface area contributed by atoms with Gasteiger partial charge in [0.2, 0.25) is 0 Å². The van der Waals surface area contributed by atoms with Crippen LogP contribution in [0.4, 0.5) is 26.3 Å². The van der Waals surface area contributed by atoms with Crippen molar-refractivity contribution in [2.75, 3.05) is 7.11 Å². The highest BCUT2D eigenvalue weighted by Crippen LogP contribution is 2.40. The molecule has 0 aliphatic rings. The lowest BCUT2D eigenvalue weighted by molar-refractivity contribution is 0.241. The minimum Gasteiger partial charge on any atom is -0.497 e. The predicted octanol–water partition coefficient (Wildman–Crippen LogP) is 7.88. The number of hydrogen-bond donors (Lipinski definition) is 0. The fourth-order valence-electron chi connectivity index (χ4n) is 3.42. The summed E-state index contributed by atoms with van der Waals surface area (Å²) in [5.74, 6) is 0.348. The van der Waals surface area contributed by atoms with Crippen LogP contribution >= 0.6 is 0 Å². The Morgan fingerprint density at radius 2 is 0.824 bits per heavy atom. The van der Waals surface area contributed by atoms with Crippen LogP contribution in [0.2, 0.25) is 0 Å². The lowest BCUT2D eigenvalue weighted by atomic mass is 9.71. The van der Waals surface area contributed by atoms with Crippen LogP contribution in [0.25, 0.3) is 0 Å². The molecular formula is C25H18F6O3. The minimum atomic E-state index is -2.58. The summed E-state index contributed by atoms with van der Waals surface area (Å²) in [6.45, 7) is 1.87. The van der Waals surface area contributed by atoms with Crippen LogP contribution in [0, 0.1) is 0 Å². The molecule has 178 valence electrons. The Balaban J connectivity index is 2.05. The van der Waals surface area contributed by atoms with Gasteiger partial charge in [-0.05, 0) is 60.0 Å². The first-order valence-electron chi connectivity index (χ1n) is 9.78. The topological polar surface area (TPSA) is 27.7 Å². The molecule has 0 saturated carbocycles. The van der Waals surface area contributed by atoms with E-state index in [0.717, 1.165) is 5.56 Å². The van der Waals surface area contributed by atoms with Gasteiger partial charge in [-0.1, -0.05) is 36.4 Å². The molecule has 0 spiro atoms. The number of rotatable bonds is 8. The monoisotopic (exact) mass is 480 g/mol. The average Bonchev–Trinajstić information content (AvgIpc) is 2.84. The van der Waals surface area contributed by atoms with Gasteiger partial charge in [-0.15, -0.1) is 0 Å². The zero-order valence-electron chi connectivity index (χ0n) is 17.9. The highest BCUT2D eigenvalue weighted by Gasteiger charge is 2.31. The molecule has 0 unspecified atom stereocenters. The molecule has 0 fully saturated rings. The first-order chi connectivity index (χ1) is 16.1. The van der Waals surface area contributed by atoms with Gasteiger partial charge in [-0.2, -0.15) is 26.3 Å². The number of ether oxygens (including phenoxy) is 3. The van der Waals surface area contributed by atoms with Crippen molar-refractivity contribution < 1.29 is 40.6 Å². The smallest absolute Gasteiger partial charge is 0.344 e. The van der Waals surface area contributed by atoms with Crippen LogP contribution in [0.1, 0.15) is 23.6 Å². The lowest BCUT2D eigenvalue weighted by Crippen LogP contribution is -2.25. The van der Waals surface area contributed by atoms with E-state index in [1.54, 1.807) is 36.4 Å². The summed E-state index contributed by atoms with van der Waals surface area (Å²) in [4.78, 5) is 0. The summed E-state index contributed by atoms with van der Waals surface area (Å²) in [6.07, 6.45) is -5.15. The summed E-state index contributed by atoms with van der Waals surface area (Å²) >= 11 is 0. The fraction of sp³-hybridized carbons (Fsp3) is 0.120. The summed E-state index contributed by atoms with van der Waals surface area (Å²) in [7, 11) is 1.52. The second-order valence-electron chi connectivity index (χ2n) is 7.17. The van der Waals surface area contributed by atoms with Crippen molar-refractivity contribution in [1.82, 2.24) is 0 Å². The molecule has 34 heavy (non-hydrogen) atoms. The molecule has 9 heteroatoms. The van der Waals surface area contributed by atoms with Gasteiger partial charge < -0.3 is 14.2 Å². The normalized spacial score (nSPS) is 10.9. The van der Waals surface area contributed by atoms with E-state index in [0.29, 0.717) is 16.9 Å². The van der Waals surface area contributed by atoms with Crippen molar-refractivity contribution in [3.63, 3.8) is 0 Å². The zero-order valence-corrected chi connectivity index (χ0v) is 17.9. The zero-order chi connectivity index (χ0) is 24.9. The fourth-order valence-corrected chi connectivity index (χ4v) is 3.42. The Bertz CT molecular complexity index is 1110. The summed E-state index contributed by atoms with van der Waals surface area (Å²) in [5, 5.41) is 0. The van der Waals surface area contributed by atoms with Crippen molar-refractivity contribution in [1.29, 1.82) is 0 Å². The molecule has 0 aromatic heterocycles. The maximum atomic E-state index is 13.1. The summed E-state index contributed by atoms with van der Waals surface area (Å²) in [6, 6.07) is 14.8. The Labute approximate surface area is 191 Å². The van der Waals surface area contributed by atoms with E-state index in [4.69, 9.17) is 4.74 Å². The second-order valence-corrected chi connectivity index (χ2v) is 7.17. The maximum Gasteiger partial charge on any atom is 0.344 e. The maximum absolute atomic E-state index is 13.1. The van der Waals surface area contributed by atoms with Crippen molar-refractivity contribution in [3.8, 4) is 17.2 Å². The quantitative estimate of drug-likeness (QED) is 0.187. The molecule has 3 aromatic carbocycles. The van der Waals surface area contributed by atoms with Crippen molar-refractivity contribution in [3.05, 3.63) is 114 Å². The first-order valence-corrected chi connectivity index (χ1v) is 9.78. The number of methoxy groups -OCH3 is 1. The number of hydrogen-bond acceptors (Lipinski definition) is 3. The summed E-state index contributed by atoms with van der Waals surface area (Å²) < 4.78 is 89.8. The molecule has 0 N–H and O–H groups in total. The molecular weight excluding hydrogens is 462 g/mol. The van der Waals surface area contributed by atoms with Gasteiger partial charge in [-0.25, -0.2) is 0 Å². The molecule has 0 heterocycles. The van der Waals surface area contributed by atoms with Crippen LogP contribution in [-0.2, 0) is 5.41 Å².